The molecule has 110 valence electrons. The standard InChI is InChI=1S/C12H18N4O2S2/c1-9-8-19-11(7-13)12(9)20(17,18)15-6-4-10-3-5-14-16(10)2/h3,5,8,15H,4,6-7,13H2,1-2H3. The number of nitrogens with zero attached hydrogens (tertiary/aromatic N) is 2. The lowest BCUT2D eigenvalue weighted by Gasteiger charge is -2.08. The molecule has 0 aliphatic rings. The van der Waals surface area contributed by atoms with Gasteiger partial charge in [-0.15, -0.1) is 11.3 Å². The predicted molar refractivity (Wildman–Crippen MR) is 79.0 cm³/mol. The fraction of sp³-hybridized carbons (Fsp3) is 0.417. The van der Waals surface area contributed by atoms with Gasteiger partial charge in [-0.25, -0.2) is 13.1 Å². The van der Waals surface area contributed by atoms with E-state index in [0.29, 0.717) is 22.7 Å². The van der Waals surface area contributed by atoms with Crippen molar-refractivity contribution in [3.8, 4) is 0 Å². The van der Waals surface area contributed by atoms with Crippen LogP contribution in [0.4, 0.5) is 0 Å². The molecule has 6 nitrogen and oxygen atoms in total. The molecule has 0 fully saturated rings. The number of nitrogens with one attached hydrogen (secondary N) is 1. The minimum atomic E-state index is -3.51. The van der Waals surface area contributed by atoms with E-state index in [1.165, 1.54) is 11.3 Å². The highest BCUT2D eigenvalue weighted by molar-refractivity contribution is 7.89. The van der Waals surface area contributed by atoms with Crippen LogP contribution in [0, 0.1) is 6.92 Å². The van der Waals surface area contributed by atoms with Crippen LogP contribution in [0.2, 0.25) is 0 Å². The van der Waals surface area contributed by atoms with Crippen LogP contribution in [0.15, 0.2) is 22.5 Å². The Morgan fingerprint density at radius 2 is 2.25 bits per heavy atom. The lowest BCUT2D eigenvalue weighted by molar-refractivity contribution is 0.578. The molecule has 0 atom stereocenters. The van der Waals surface area contributed by atoms with Gasteiger partial charge in [0.25, 0.3) is 0 Å². The molecule has 0 saturated carbocycles. The molecule has 0 radical (unpaired) electrons. The van der Waals surface area contributed by atoms with Crippen LogP contribution in [-0.4, -0.2) is 24.7 Å². The summed E-state index contributed by atoms with van der Waals surface area (Å²) in [6, 6.07) is 1.87. The average molecular weight is 314 g/mol. The molecule has 8 heteroatoms. The van der Waals surface area contributed by atoms with Crippen LogP contribution in [-0.2, 0) is 30.0 Å². The molecule has 20 heavy (non-hydrogen) atoms. The molecule has 2 aromatic heterocycles. The Labute approximate surface area is 122 Å². The first-order valence-electron chi connectivity index (χ1n) is 6.19. The summed E-state index contributed by atoms with van der Waals surface area (Å²) >= 11 is 1.38. The van der Waals surface area contributed by atoms with E-state index < -0.39 is 10.0 Å². The van der Waals surface area contributed by atoms with Gasteiger partial charge in [0.1, 0.15) is 4.90 Å². The first kappa shape index (κ1) is 15.2. The summed E-state index contributed by atoms with van der Waals surface area (Å²) in [6.45, 7) is 2.35. The van der Waals surface area contributed by atoms with Gasteiger partial charge in [-0.2, -0.15) is 5.10 Å². The molecule has 0 aromatic carbocycles. The van der Waals surface area contributed by atoms with Crippen LogP contribution < -0.4 is 10.5 Å². The normalized spacial score (nSPS) is 11.9. The first-order chi connectivity index (χ1) is 9.45. The number of sulfonamides is 1. The number of rotatable bonds is 6. The quantitative estimate of drug-likeness (QED) is 0.824. The zero-order valence-electron chi connectivity index (χ0n) is 11.5. The molecule has 2 heterocycles. The topological polar surface area (TPSA) is 90.0 Å². The third-order valence-corrected chi connectivity index (χ3v) is 5.99. The predicted octanol–water partition coefficient (Wildman–Crippen LogP) is 0.770. The second-order valence-corrected chi connectivity index (χ2v) is 7.14. The van der Waals surface area contributed by atoms with Gasteiger partial charge in [-0.1, -0.05) is 0 Å². The lowest BCUT2D eigenvalue weighted by atomic mass is 10.3. The van der Waals surface area contributed by atoms with Gasteiger partial charge in [-0.05, 0) is 23.9 Å². The van der Waals surface area contributed by atoms with Gasteiger partial charge in [0.2, 0.25) is 10.0 Å². The number of thiophene rings is 1. The molecule has 0 unspecified atom stereocenters. The van der Waals surface area contributed by atoms with Crippen molar-refractivity contribution < 1.29 is 8.42 Å². The van der Waals surface area contributed by atoms with Crippen LogP contribution in [0.25, 0.3) is 0 Å². The van der Waals surface area contributed by atoms with Crippen molar-refractivity contribution in [1.29, 1.82) is 0 Å². The number of hydrogen-bond donors (Lipinski definition) is 2. The van der Waals surface area contributed by atoms with Gasteiger partial charge >= 0.3 is 0 Å². The number of nitrogens with two attached hydrogens (primary N) is 1. The highest BCUT2D eigenvalue weighted by Crippen LogP contribution is 2.26. The molecule has 3 N–H and O–H groups in total. The fourth-order valence-corrected chi connectivity index (χ4v) is 4.75. The van der Waals surface area contributed by atoms with Crippen molar-refractivity contribution in [2.45, 2.75) is 24.8 Å². The monoisotopic (exact) mass is 314 g/mol. The Balaban J connectivity index is 2.08. The third-order valence-electron chi connectivity index (χ3n) is 3.04. The highest BCUT2D eigenvalue weighted by Gasteiger charge is 2.21. The maximum atomic E-state index is 12.3. The zero-order chi connectivity index (χ0) is 14.8. The Kier molecular flexibility index (Phi) is 4.59. The van der Waals surface area contributed by atoms with E-state index in [1.54, 1.807) is 17.8 Å². The fourth-order valence-electron chi connectivity index (χ4n) is 2.02. The smallest absolute Gasteiger partial charge is 0.241 e. The minimum Gasteiger partial charge on any atom is -0.326 e. The van der Waals surface area contributed by atoms with Crippen LogP contribution >= 0.6 is 11.3 Å². The van der Waals surface area contributed by atoms with E-state index in [-0.39, 0.29) is 6.54 Å². The zero-order valence-corrected chi connectivity index (χ0v) is 13.1. The van der Waals surface area contributed by atoms with E-state index in [1.807, 2.05) is 18.5 Å². The van der Waals surface area contributed by atoms with E-state index in [4.69, 9.17) is 5.73 Å². The van der Waals surface area contributed by atoms with E-state index in [0.717, 1.165) is 11.3 Å². The Hall–Kier alpha value is -1.22. The molecule has 2 aromatic rings. The van der Waals surface area contributed by atoms with Crippen LogP contribution in [0.5, 0.6) is 0 Å². The summed E-state index contributed by atoms with van der Waals surface area (Å²) in [5.41, 5.74) is 7.31. The minimum absolute atomic E-state index is 0.233. The number of aromatic nitrogens is 2. The Bertz CT molecular complexity index is 688. The van der Waals surface area contributed by atoms with Crippen molar-refractivity contribution in [1.82, 2.24) is 14.5 Å². The van der Waals surface area contributed by atoms with Gasteiger partial charge in [0.05, 0.1) is 0 Å². The van der Waals surface area contributed by atoms with Gasteiger partial charge in [-0.3, -0.25) is 4.68 Å². The second kappa shape index (κ2) is 6.04. The van der Waals surface area contributed by atoms with Gasteiger partial charge in [0.15, 0.2) is 0 Å². The van der Waals surface area contributed by atoms with Crippen molar-refractivity contribution in [3.05, 3.63) is 33.8 Å². The summed E-state index contributed by atoms with van der Waals surface area (Å²) in [6.07, 6.45) is 2.29. The molecule has 0 aliphatic carbocycles. The Morgan fingerprint density at radius 3 is 2.85 bits per heavy atom. The summed E-state index contributed by atoms with van der Waals surface area (Å²) in [5, 5.41) is 5.87. The first-order valence-corrected chi connectivity index (χ1v) is 8.55. The molecule has 0 amide bonds. The molecule has 0 bridgehead atoms. The van der Waals surface area contributed by atoms with E-state index >= 15 is 0 Å². The lowest BCUT2D eigenvalue weighted by Crippen LogP contribution is -2.27. The third kappa shape index (κ3) is 3.09. The van der Waals surface area contributed by atoms with Crippen LogP contribution in [0.3, 0.4) is 0 Å². The largest absolute Gasteiger partial charge is 0.326 e. The van der Waals surface area contributed by atoms with E-state index in [9.17, 15) is 8.42 Å². The molecular formula is C12H18N4O2S2. The van der Waals surface area contributed by atoms with E-state index in [2.05, 4.69) is 9.82 Å². The Morgan fingerprint density at radius 1 is 1.50 bits per heavy atom. The highest BCUT2D eigenvalue weighted by atomic mass is 32.2. The molecule has 2 rings (SSSR count). The second-order valence-electron chi connectivity index (χ2n) is 4.47. The summed E-state index contributed by atoms with van der Waals surface area (Å²) in [4.78, 5) is 1.02. The van der Waals surface area contributed by atoms with Gasteiger partial charge in [0, 0.05) is 43.3 Å². The molecule has 0 saturated heterocycles. The molecule has 0 spiro atoms. The number of hydrogen-bond acceptors (Lipinski definition) is 5. The van der Waals surface area contributed by atoms with Crippen molar-refractivity contribution in [2.75, 3.05) is 6.54 Å². The van der Waals surface area contributed by atoms with Crippen molar-refractivity contribution in [2.24, 2.45) is 12.8 Å². The van der Waals surface area contributed by atoms with Crippen molar-refractivity contribution in [3.63, 3.8) is 0 Å². The molecular weight excluding hydrogens is 296 g/mol. The summed E-state index contributed by atoms with van der Waals surface area (Å²) < 4.78 is 29.0. The van der Waals surface area contributed by atoms with Crippen LogP contribution in [0.1, 0.15) is 16.1 Å². The van der Waals surface area contributed by atoms with Gasteiger partial charge < -0.3 is 5.73 Å². The summed E-state index contributed by atoms with van der Waals surface area (Å²) in [7, 11) is -1.67. The molecule has 0 aliphatic heterocycles. The average Bonchev–Trinajstić information content (AvgIpc) is 2.96. The van der Waals surface area contributed by atoms with Crippen molar-refractivity contribution >= 4 is 21.4 Å². The SMILES string of the molecule is Cc1csc(CN)c1S(=O)(=O)NCCc1ccnn1C. The maximum absolute atomic E-state index is 12.3. The number of aryl methyl sites for hydroxylation is 2. The summed E-state index contributed by atoms with van der Waals surface area (Å²) in [5.74, 6) is 0. The maximum Gasteiger partial charge on any atom is 0.241 e.